The molecule has 0 radical (unpaired) electrons. The van der Waals surface area contributed by atoms with Crippen molar-refractivity contribution >= 4 is 44.0 Å². The van der Waals surface area contributed by atoms with Gasteiger partial charge in [0.2, 0.25) is 0 Å². The number of aromatic nitrogens is 2. The Labute approximate surface area is 220 Å². The van der Waals surface area contributed by atoms with Gasteiger partial charge in [0.1, 0.15) is 12.4 Å². The molecule has 3 heterocycles. The molecule has 9 heteroatoms. The molecule has 190 valence electrons. The largest absolute Gasteiger partial charge is 0.487 e. The average Bonchev–Trinajstić information content (AvgIpc) is 3.31. The Balaban J connectivity index is 1.32. The highest BCUT2D eigenvalue weighted by Gasteiger charge is 2.24. The van der Waals surface area contributed by atoms with E-state index in [9.17, 15) is 4.79 Å². The second-order valence-electron chi connectivity index (χ2n) is 8.60. The number of nitrogens with zero attached hydrogens (tertiary/aromatic N) is 4. The first-order valence-electron chi connectivity index (χ1n) is 12.2. The molecule has 1 saturated heterocycles. The fourth-order valence-corrected chi connectivity index (χ4v) is 5.06. The normalized spacial score (nSPS) is 14.2. The number of morpholine rings is 1. The number of allylic oxidation sites excluding steroid dienone is 1. The number of nitrogens with one attached hydrogen (secondary N) is 1. The summed E-state index contributed by atoms with van der Waals surface area (Å²) in [6.45, 7) is 6.82. The van der Waals surface area contributed by atoms with Crippen molar-refractivity contribution in [1.29, 1.82) is 0 Å². The number of hydrazine groups is 1. The van der Waals surface area contributed by atoms with E-state index in [2.05, 4.69) is 10.3 Å². The number of carbonyl (C=O) groups is 1. The molecule has 0 spiro atoms. The summed E-state index contributed by atoms with van der Waals surface area (Å²) in [4.78, 5) is 22.0. The Hall–Kier alpha value is -3.79. The summed E-state index contributed by atoms with van der Waals surface area (Å²) in [6, 6.07) is 17.7. The maximum atomic E-state index is 12.9. The van der Waals surface area contributed by atoms with E-state index in [1.807, 2.05) is 73.5 Å². The van der Waals surface area contributed by atoms with Gasteiger partial charge in [-0.15, -0.1) is 0 Å². The molecule has 1 aliphatic heterocycles. The lowest BCUT2D eigenvalue weighted by Crippen LogP contribution is -2.51. The van der Waals surface area contributed by atoms with Crippen molar-refractivity contribution in [2.75, 3.05) is 36.6 Å². The van der Waals surface area contributed by atoms with Gasteiger partial charge in [0, 0.05) is 31.0 Å². The molecule has 1 fully saturated rings. The fraction of sp³-hybridized carbons (Fsp3) is 0.250. The lowest BCUT2D eigenvalue weighted by Gasteiger charge is -2.36. The van der Waals surface area contributed by atoms with Gasteiger partial charge in [0.25, 0.3) is 5.91 Å². The number of rotatable bonds is 8. The molecule has 1 amide bonds. The number of thiazole rings is 1. The van der Waals surface area contributed by atoms with Gasteiger partial charge in [-0.3, -0.25) is 9.78 Å². The van der Waals surface area contributed by atoms with Crippen LogP contribution in [-0.2, 0) is 16.1 Å². The minimum atomic E-state index is -0.0764. The lowest BCUT2D eigenvalue weighted by atomic mass is 10.2. The van der Waals surface area contributed by atoms with Gasteiger partial charge < -0.3 is 14.8 Å². The van der Waals surface area contributed by atoms with Crippen molar-refractivity contribution in [3.63, 3.8) is 0 Å². The van der Waals surface area contributed by atoms with Crippen LogP contribution in [0.4, 0.5) is 16.5 Å². The monoisotopic (exact) mass is 515 g/mol. The fourth-order valence-electron chi connectivity index (χ4n) is 4.14. The number of pyridine rings is 1. The molecule has 0 unspecified atom stereocenters. The van der Waals surface area contributed by atoms with Gasteiger partial charge >= 0.3 is 0 Å². The van der Waals surface area contributed by atoms with E-state index in [4.69, 9.17) is 14.5 Å². The van der Waals surface area contributed by atoms with Crippen molar-refractivity contribution in [2.45, 2.75) is 20.5 Å². The maximum absolute atomic E-state index is 12.9. The third kappa shape index (κ3) is 5.96. The number of amides is 1. The summed E-state index contributed by atoms with van der Waals surface area (Å²) in [5.74, 6) is 0.742. The van der Waals surface area contributed by atoms with Crippen molar-refractivity contribution in [2.24, 2.45) is 0 Å². The zero-order chi connectivity index (χ0) is 25.6. The first-order chi connectivity index (χ1) is 18.1. The van der Waals surface area contributed by atoms with E-state index in [0.29, 0.717) is 32.9 Å². The highest BCUT2D eigenvalue weighted by atomic mass is 32.1. The second-order valence-corrected chi connectivity index (χ2v) is 9.63. The molecule has 0 saturated carbocycles. The summed E-state index contributed by atoms with van der Waals surface area (Å²) in [5.41, 5.74) is 4.53. The van der Waals surface area contributed by atoms with Gasteiger partial charge in [0.15, 0.2) is 5.13 Å². The van der Waals surface area contributed by atoms with Crippen molar-refractivity contribution in [3.8, 4) is 5.75 Å². The Morgan fingerprint density at radius 3 is 2.81 bits per heavy atom. The van der Waals surface area contributed by atoms with Gasteiger partial charge in [-0.2, -0.15) is 0 Å². The number of aryl methyl sites for hydroxylation is 1. The molecule has 8 nitrogen and oxygen atoms in total. The van der Waals surface area contributed by atoms with Crippen molar-refractivity contribution in [3.05, 3.63) is 84.2 Å². The predicted octanol–water partition coefficient (Wildman–Crippen LogP) is 5.48. The van der Waals surface area contributed by atoms with Gasteiger partial charge in [-0.1, -0.05) is 23.5 Å². The average molecular weight is 516 g/mol. The number of ether oxygens (including phenoxy) is 2. The Kier molecular flexibility index (Phi) is 7.74. The molecule has 0 aliphatic carbocycles. The van der Waals surface area contributed by atoms with E-state index in [0.717, 1.165) is 43.7 Å². The van der Waals surface area contributed by atoms with Crippen LogP contribution in [0.3, 0.4) is 0 Å². The molecule has 0 bridgehead atoms. The van der Waals surface area contributed by atoms with E-state index >= 15 is 0 Å². The summed E-state index contributed by atoms with van der Waals surface area (Å²) in [5, 5.41) is 7.97. The SMILES string of the molecule is C/C=C/C(=O)N(c1ccc2nc(Nc3ccc(OCc4ccccn4)c(C)c3)sc2c1)N1CCOCC1. The number of anilines is 3. The molecule has 5 rings (SSSR count). The first kappa shape index (κ1) is 24.9. The van der Waals surface area contributed by atoms with Crippen LogP contribution < -0.4 is 15.1 Å². The van der Waals surface area contributed by atoms with E-state index in [-0.39, 0.29) is 5.91 Å². The van der Waals surface area contributed by atoms with Crippen LogP contribution in [0, 0.1) is 6.92 Å². The molecule has 4 aromatic rings. The highest BCUT2D eigenvalue weighted by molar-refractivity contribution is 7.22. The van der Waals surface area contributed by atoms with E-state index in [1.54, 1.807) is 34.7 Å². The Bertz CT molecular complexity index is 1400. The van der Waals surface area contributed by atoms with Crippen LogP contribution >= 0.6 is 11.3 Å². The Morgan fingerprint density at radius 2 is 2.05 bits per heavy atom. The molecular weight excluding hydrogens is 486 g/mol. The second kappa shape index (κ2) is 11.5. The van der Waals surface area contributed by atoms with Crippen LogP contribution in [0.1, 0.15) is 18.2 Å². The molecule has 1 N–H and O–H groups in total. The van der Waals surface area contributed by atoms with Crippen LogP contribution in [0.2, 0.25) is 0 Å². The smallest absolute Gasteiger partial charge is 0.265 e. The third-order valence-corrected chi connectivity index (χ3v) is 6.87. The zero-order valence-corrected chi connectivity index (χ0v) is 21.7. The van der Waals surface area contributed by atoms with Crippen LogP contribution in [0.5, 0.6) is 5.75 Å². The maximum Gasteiger partial charge on any atom is 0.265 e. The Morgan fingerprint density at radius 1 is 1.19 bits per heavy atom. The number of benzene rings is 2. The number of hydrogen-bond donors (Lipinski definition) is 1. The number of hydrogen-bond acceptors (Lipinski definition) is 8. The number of fused-ring (bicyclic) bond motifs is 1. The lowest BCUT2D eigenvalue weighted by molar-refractivity contribution is -0.118. The topological polar surface area (TPSA) is 79.8 Å². The van der Waals surface area contributed by atoms with Crippen LogP contribution in [-0.4, -0.2) is 47.2 Å². The summed E-state index contributed by atoms with van der Waals surface area (Å²) >= 11 is 1.55. The third-order valence-electron chi connectivity index (χ3n) is 5.93. The van der Waals surface area contributed by atoms with E-state index < -0.39 is 0 Å². The quantitative estimate of drug-likeness (QED) is 0.311. The predicted molar refractivity (Wildman–Crippen MR) is 147 cm³/mol. The molecule has 1 aliphatic rings. The van der Waals surface area contributed by atoms with Crippen LogP contribution in [0.15, 0.2) is 72.9 Å². The first-order valence-corrected chi connectivity index (χ1v) is 13.0. The molecule has 0 atom stereocenters. The van der Waals surface area contributed by atoms with Crippen LogP contribution in [0.25, 0.3) is 10.2 Å². The van der Waals surface area contributed by atoms with Crippen molar-refractivity contribution in [1.82, 2.24) is 15.0 Å². The molecular formula is C28H29N5O3S. The summed E-state index contributed by atoms with van der Waals surface area (Å²) in [7, 11) is 0. The summed E-state index contributed by atoms with van der Waals surface area (Å²) in [6.07, 6.45) is 5.12. The van der Waals surface area contributed by atoms with Gasteiger partial charge in [-0.25, -0.2) is 15.0 Å². The van der Waals surface area contributed by atoms with Gasteiger partial charge in [-0.05, 0) is 67.9 Å². The molecule has 2 aromatic heterocycles. The standard InChI is InChI=1S/C28H29N5O3S/c1-3-6-27(34)33(32-13-15-35-16-14-32)23-9-10-24-26(18-23)37-28(31-24)30-21-8-11-25(20(2)17-21)36-19-22-7-4-5-12-29-22/h3-12,17-18H,13-16,19H2,1-2H3,(H,30,31)/b6-3+. The van der Waals surface area contributed by atoms with Gasteiger partial charge in [0.05, 0.1) is 34.8 Å². The molecule has 37 heavy (non-hydrogen) atoms. The minimum absolute atomic E-state index is 0.0764. The van der Waals surface area contributed by atoms with E-state index in [1.165, 1.54) is 0 Å². The summed E-state index contributed by atoms with van der Waals surface area (Å²) < 4.78 is 12.4. The van der Waals surface area contributed by atoms with Crippen molar-refractivity contribution < 1.29 is 14.3 Å². The zero-order valence-electron chi connectivity index (χ0n) is 20.9. The molecule has 2 aromatic carbocycles. The highest BCUT2D eigenvalue weighted by Crippen LogP contribution is 2.33. The number of carbonyl (C=O) groups excluding carboxylic acids is 1. The minimum Gasteiger partial charge on any atom is -0.487 e.